The van der Waals surface area contributed by atoms with Crippen molar-refractivity contribution in [2.75, 3.05) is 17.2 Å². The Bertz CT molecular complexity index is 1970. The van der Waals surface area contributed by atoms with Gasteiger partial charge in [0.1, 0.15) is 4.70 Å². The molecule has 0 amide bonds. The molecule has 0 aliphatic carbocycles. The average Bonchev–Trinajstić information content (AvgIpc) is 3.60. The van der Waals surface area contributed by atoms with Gasteiger partial charge in [0.25, 0.3) is 15.1 Å². The number of ether oxygens (including phenoxy) is 1. The van der Waals surface area contributed by atoms with E-state index in [1.165, 1.54) is 39.2 Å². The Kier molecular flexibility index (Phi) is 9.97. The highest BCUT2D eigenvalue weighted by Crippen LogP contribution is 2.42. The van der Waals surface area contributed by atoms with Crippen molar-refractivity contribution in [3.05, 3.63) is 120 Å². The smallest absolute Gasteiger partial charge is 0.264 e. The van der Waals surface area contributed by atoms with Gasteiger partial charge in [0.15, 0.2) is 12.3 Å². The Morgan fingerprint density at radius 2 is 1.52 bits per heavy atom. The van der Waals surface area contributed by atoms with Crippen molar-refractivity contribution < 1.29 is 22.3 Å². The molecule has 2 heterocycles. The summed E-state index contributed by atoms with van der Waals surface area (Å²) in [6, 6.07) is 33.6. The van der Waals surface area contributed by atoms with Crippen molar-refractivity contribution in [3.63, 3.8) is 0 Å². The van der Waals surface area contributed by atoms with E-state index in [0.29, 0.717) is 25.3 Å². The van der Waals surface area contributed by atoms with E-state index in [2.05, 4.69) is 89.2 Å². The molecule has 46 heavy (non-hydrogen) atoms. The van der Waals surface area contributed by atoms with Crippen LogP contribution in [0, 0.1) is 0 Å². The summed E-state index contributed by atoms with van der Waals surface area (Å²) in [5.41, 5.74) is 6.80. The molecule has 6 rings (SSSR count). The molecule has 0 unspecified atom stereocenters. The number of hydrogen-bond acceptors (Lipinski definition) is 5. The van der Waals surface area contributed by atoms with E-state index in [-0.39, 0.29) is 5.75 Å². The summed E-state index contributed by atoms with van der Waals surface area (Å²) in [6.07, 6.45) is 10.6. The minimum Gasteiger partial charge on any atom is -0.439 e. The number of hydrogen-bond donors (Lipinski definition) is 1. The molecule has 0 radical (unpaired) electrons. The summed E-state index contributed by atoms with van der Waals surface area (Å²) in [5.74, 6) is 1.19. The van der Waals surface area contributed by atoms with E-state index in [0.717, 1.165) is 35.5 Å². The van der Waals surface area contributed by atoms with Crippen LogP contribution in [-0.4, -0.2) is 25.3 Å². The molecule has 0 saturated heterocycles. The number of aryl methyl sites for hydroxylation is 1. The van der Waals surface area contributed by atoms with Crippen LogP contribution in [0.4, 0.5) is 5.69 Å². The lowest BCUT2D eigenvalue weighted by Gasteiger charge is -2.18. The highest BCUT2D eigenvalue weighted by atomic mass is 32.2. The van der Waals surface area contributed by atoms with Gasteiger partial charge < -0.3 is 9.64 Å². The number of benzene rings is 4. The zero-order valence-electron chi connectivity index (χ0n) is 26.0. The first-order valence-corrected chi connectivity index (χ1v) is 18.3. The van der Waals surface area contributed by atoms with Crippen LogP contribution < -0.4 is 14.2 Å². The lowest BCUT2D eigenvalue weighted by atomic mass is 10.0. The van der Waals surface area contributed by atoms with Crippen molar-refractivity contribution >= 4 is 43.4 Å². The lowest BCUT2D eigenvalue weighted by molar-refractivity contribution is -0.669. The summed E-state index contributed by atoms with van der Waals surface area (Å²) >= 11 is 1.79. The van der Waals surface area contributed by atoms with Crippen LogP contribution in [0.5, 0.6) is 5.75 Å². The van der Waals surface area contributed by atoms with Crippen molar-refractivity contribution in [1.29, 1.82) is 0 Å². The molecule has 0 spiro atoms. The van der Waals surface area contributed by atoms with Crippen molar-refractivity contribution in [2.45, 2.75) is 45.6 Å². The van der Waals surface area contributed by atoms with E-state index >= 15 is 0 Å². The normalized spacial score (nSPS) is 14.0. The van der Waals surface area contributed by atoms with Gasteiger partial charge in [-0.15, -0.1) is 0 Å². The minimum atomic E-state index is -4.00. The Hall–Kier alpha value is -4.24. The second-order valence-electron chi connectivity index (χ2n) is 11.5. The Labute approximate surface area is 275 Å². The molecule has 0 atom stereocenters. The van der Waals surface area contributed by atoms with Crippen LogP contribution in [0.2, 0.25) is 0 Å². The average molecular weight is 652 g/mol. The molecule has 0 saturated carbocycles. The van der Waals surface area contributed by atoms with Gasteiger partial charge in [-0.3, -0.25) is 4.55 Å². The van der Waals surface area contributed by atoms with E-state index in [1.807, 2.05) is 42.5 Å². The fourth-order valence-electron chi connectivity index (χ4n) is 5.82. The number of fused-ring (bicyclic) bond motifs is 2. The van der Waals surface area contributed by atoms with Crippen LogP contribution in [0.3, 0.4) is 0 Å². The molecule has 0 bridgehead atoms. The van der Waals surface area contributed by atoms with Gasteiger partial charge in [-0.2, -0.15) is 13.0 Å². The molecule has 0 fully saturated rings. The first-order valence-electron chi connectivity index (χ1n) is 15.9. The number of unbranched alkanes of at least 4 members (excludes halogenated alkanes) is 3. The van der Waals surface area contributed by atoms with Crippen LogP contribution in [0.15, 0.2) is 115 Å². The lowest BCUT2D eigenvalue weighted by Crippen LogP contribution is -2.35. The third-order valence-corrected chi connectivity index (χ3v) is 10.1. The SMILES string of the molecule is CCCCC[n+]1c(/C=C/C=C2\Oc3ccc(-c4ccccc4)cc3N2CCCCS(=O)(=O)O)sc2ccc(-c3ccccc3)cc21. The van der Waals surface area contributed by atoms with Crippen molar-refractivity contribution in [2.24, 2.45) is 0 Å². The zero-order chi connectivity index (χ0) is 31.9. The number of rotatable bonds is 13. The maximum atomic E-state index is 11.3. The van der Waals surface area contributed by atoms with E-state index in [9.17, 15) is 13.0 Å². The number of nitrogens with zero attached hydrogens (tertiary/aromatic N) is 2. The second kappa shape index (κ2) is 14.5. The predicted molar refractivity (Wildman–Crippen MR) is 190 cm³/mol. The van der Waals surface area contributed by atoms with E-state index in [1.54, 1.807) is 11.3 Å². The molecule has 5 aromatic rings. The number of allylic oxidation sites excluding steroid dienone is 2. The van der Waals surface area contributed by atoms with Crippen molar-refractivity contribution in [1.82, 2.24) is 0 Å². The van der Waals surface area contributed by atoms with Gasteiger partial charge in [0, 0.05) is 25.1 Å². The van der Waals surface area contributed by atoms with Gasteiger partial charge in [0.05, 0.1) is 11.4 Å². The highest BCUT2D eigenvalue weighted by Gasteiger charge is 2.26. The first-order chi connectivity index (χ1) is 22.4. The van der Waals surface area contributed by atoms with E-state index < -0.39 is 10.1 Å². The largest absolute Gasteiger partial charge is 0.439 e. The molecule has 8 heteroatoms. The van der Waals surface area contributed by atoms with Gasteiger partial charge in [-0.1, -0.05) is 97.5 Å². The quantitative estimate of drug-likeness (QED) is 0.0781. The molecule has 4 aromatic carbocycles. The summed E-state index contributed by atoms with van der Waals surface area (Å²) in [5, 5.41) is 1.18. The molecule has 1 N–H and O–H groups in total. The van der Waals surface area contributed by atoms with Crippen LogP contribution in [-0.2, 0) is 16.7 Å². The van der Waals surface area contributed by atoms with E-state index in [4.69, 9.17) is 4.74 Å². The van der Waals surface area contributed by atoms with Gasteiger partial charge in [-0.05, 0) is 71.9 Å². The molecule has 1 aromatic heterocycles. The minimum absolute atomic E-state index is 0.256. The zero-order valence-corrected chi connectivity index (χ0v) is 27.6. The Balaban J connectivity index is 1.30. The standard InChI is InChI=1S/C38H38N2O4S2/c1-2-3-10-25-40-34-28-32(30-16-8-5-9-17-30)21-23-36(34)45-38(40)19-13-18-37-39(24-11-12-26-46(41,42)43)33-27-31(20-22-35(33)44-37)29-14-6-4-7-15-29/h4-9,13-23,27-28H,2-3,10-12,24-26H2,1H3/p+1. The Morgan fingerprint density at radius 3 is 2.22 bits per heavy atom. The topological polar surface area (TPSA) is 70.7 Å². The molecule has 6 nitrogen and oxygen atoms in total. The first kappa shape index (κ1) is 31.7. The molecular weight excluding hydrogens is 613 g/mol. The van der Waals surface area contributed by atoms with Gasteiger partial charge in [-0.25, -0.2) is 0 Å². The van der Waals surface area contributed by atoms with Crippen LogP contribution >= 0.6 is 11.3 Å². The highest BCUT2D eigenvalue weighted by molar-refractivity contribution is 7.85. The third kappa shape index (κ3) is 7.58. The molecule has 236 valence electrons. The third-order valence-electron chi connectivity index (χ3n) is 8.17. The fourth-order valence-corrected chi connectivity index (χ4v) is 7.47. The second-order valence-corrected chi connectivity index (χ2v) is 14.1. The van der Waals surface area contributed by atoms with Gasteiger partial charge in [0.2, 0.25) is 11.4 Å². The number of aromatic nitrogens is 1. The van der Waals surface area contributed by atoms with Crippen LogP contribution in [0.25, 0.3) is 38.5 Å². The van der Waals surface area contributed by atoms with Gasteiger partial charge >= 0.3 is 0 Å². The summed E-state index contributed by atoms with van der Waals surface area (Å²) in [7, 11) is -4.00. The molecule has 1 aliphatic rings. The monoisotopic (exact) mass is 651 g/mol. The maximum Gasteiger partial charge on any atom is 0.264 e. The number of anilines is 1. The summed E-state index contributed by atoms with van der Waals surface area (Å²) < 4.78 is 41.9. The maximum absolute atomic E-state index is 11.3. The van der Waals surface area contributed by atoms with Crippen molar-refractivity contribution in [3.8, 4) is 28.0 Å². The Morgan fingerprint density at radius 1 is 0.826 bits per heavy atom. The number of thiazole rings is 1. The predicted octanol–water partition coefficient (Wildman–Crippen LogP) is 9.13. The van der Waals surface area contributed by atoms with Crippen LogP contribution in [0.1, 0.15) is 44.0 Å². The summed E-state index contributed by atoms with van der Waals surface area (Å²) in [4.78, 5) is 2.10. The fraction of sp³-hybridized carbons (Fsp3) is 0.237. The molecule has 1 aliphatic heterocycles. The summed E-state index contributed by atoms with van der Waals surface area (Å²) in [6.45, 7) is 3.74. The molecular formula is C38H39N2O4S2+.